The standard InChI is InChI=1S/C10H12N2O2/c1-12-8(5-9(13)10(12)14)7-3-2-4-11-6-7/h2-4,6,8-9,13H,5H2,1H3/t8?,9-/m1/s1. The number of likely N-dealkylation sites (tertiary alicyclic amines) is 1. The fraction of sp³-hybridized carbons (Fsp3) is 0.400. The number of carbonyl (C=O) groups is 1. The van der Waals surface area contributed by atoms with E-state index in [2.05, 4.69) is 4.98 Å². The highest BCUT2D eigenvalue weighted by molar-refractivity contribution is 5.83. The van der Waals surface area contributed by atoms with Crippen molar-refractivity contribution >= 4 is 5.91 Å². The van der Waals surface area contributed by atoms with Crippen molar-refractivity contribution in [3.8, 4) is 0 Å². The molecule has 0 bridgehead atoms. The second-order valence-electron chi connectivity index (χ2n) is 3.50. The van der Waals surface area contributed by atoms with Gasteiger partial charge in [-0.05, 0) is 11.6 Å². The van der Waals surface area contributed by atoms with Gasteiger partial charge in [-0.2, -0.15) is 0 Å². The van der Waals surface area contributed by atoms with E-state index in [4.69, 9.17) is 0 Å². The molecule has 4 nitrogen and oxygen atoms in total. The van der Waals surface area contributed by atoms with E-state index >= 15 is 0 Å². The Hall–Kier alpha value is -1.42. The number of aliphatic hydroxyl groups excluding tert-OH is 1. The molecule has 1 amide bonds. The Kier molecular flexibility index (Phi) is 2.21. The van der Waals surface area contributed by atoms with E-state index in [9.17, 15) is 9.90 Å². The summed E-state index contributed by atoms with van der Waals surface area (Å²) in [5.41, 5.74) is 0.972. The highest BCUT2D eigenvalue weighted by Gasteiger charge is 2.36. The number of hydrogen-bond acceptors (Lipinski definition) is 3. The first-order valence-electron chi connectivity index (χ1n) is 4.55. The zero-order valence-corrected chi connectivity index (χ0v) is 7.92. The number of aliphatic hydroxyl groups is 1. The van der Waals surface area contributed by atoms with Crippen LogP contribution in [0.25, 0.3) is 0 Å². The van der Waals surface area contributed by atoms with Crippen LogP contribution in [0.2, 0.25) is 0 Å². The summed E-state index contributed by atoms with van der Waals surface area (Å²) in [6.07, 6.45) is 3.02. The summed E-state index contributed by atoms with van der Waals surface area (Å²) in [6, 6.07) is 3.71. The van der Waals surface area contributed by atoms with Crippen LogP contribution in [0.15, 0.2) is 24.5 Å². The summed E-state index contributed by atoms with van der Waals surface area (Å²) < 4.78 is 0. The summed E-state index contributed by atoms with van der Waals surface area (Å²) in [7, 11) is 1.70. The van der Waals surface area contributed by atoms with Gasteiger partial charge in [0, 0.05) is 25.9 Å². The first kappa shape index (κ1) is 9.15. The van der Waals surface area contributed by atoms with Gasteiger partial charge in [-0.25, -0.2) is 0 Å². The van der Waals surface area contributed by atoms with Crippen molar-refractivity contribution < 1.29 is 9.90 Å². The normalized spacial score (nSPS) is 27.0. The van der Waals surface area contributed by atoms with Gasteiger partial charge >= 0.3 is 0 Å². The average molecular weight is 192 g/mol. The van der Waals surface area contributed by atoms with Crippen molar-refractivity contribution in [2.24, 2.45) is 0 Å². The molecule has 1 N–H and O–H groups in total. The molecular formula is C10H12N2O2. The third kappa shape index (κ3) is 1.37. The molecule has 2 heterocycles. The minimum absolute atomic E-state index is 0.0359. The van der Waals surface area contributed by atoms with Gasteiger partial charge in [-0.3, -0.25) is 9.78 Å². The van der Waals surface area contributed by atoms with Crippen molar-refractivity contribution in [2.45, 2.75) is 18.6 Å². The maximum Gasteiger partial charge on any atom is 0.251 e. The maximum atomic E-state index is 11.3. The summed E-state index contributed by atoms with van der Waals surface area (Å²) in [5.74, 6) is -0.209. The maximum absolute atomic E-state index is 11.3. The lowest BCUT2D eigenvalue weighted by Crippen LogP contribution is -2.26. The summed E-state index contributed by atoms with van der Waals surface area (Å²) in [6.45, 7) is 0. The van der Waals surface area contributed by atoms with Crippen LogP contribution in [-0.4, -0.2) is 34.0 Å². The fourth-order valence-corrected chi connectivity index (χ4v) is 1.79. The van der Waals surface area contributed by atoms with Crippen LogP contribution in [0.5, 0.6) is 0 Å². The average Bonchev–Trinajstić information content (AvgIpc) is 2.47. The van der Waals surface area contributed by atoms with E-state index in [-0.39, 0.29) is 11.9 Å². The number of amides is 1. The Morgan fingerprint density at radius 3 is 2.93 bits per heavy atom. The molecule has 0 radical (unpaired) electrons. The fourth-order valence-electron chi connectivity index (χ4n) is 1.79. The van der Waals surface area contributed by atoms with Gasteiger partial charge in [0.1, 0.15) is 6.10 Å². The Morgan fingerprint density at radius 2 is 2.43 bits per heavy atom. The first-order chi connectivity index (χ1) is 6.70. The van der Waals surface area contributed by atoms with Crippen LogP contribution in [0.1, 0.15) is 18.0 Å². The van der Waals surface area contributed by atoms with E-state index in [1.807, 2.05) is 12.1 Å². The molecule has 2 rings (SSSR count). The minimum Gasteiger partial charge on any atom is -0.383 e. The molecule has 0 spiro atoms. The van der Waals surface area contributed by atoms with Crippen molar-refractivity contribution in [1.82, 2.24) is 9.88 Å². The SMILES string of the molecule is CN1C(=O)[C@H](O)CC1c1cccnc1. The number of rotatable bonds is 1. The third-order valence-corrected chi connectivity index (χ3v) is 2.62. The molecule has 2 atom stereocenters. The van der Waals surface area contributed by atoms with Gasteiger partial charge in [0.2, 0.25) is 0 Å². The Bertz CT molecular complexity index is 339. The number of likely N-dealkylation sites (N-methyl/N-ethyl adjacent to an activating group) is 1. The smallest absolute Gasteiger partial charge is 0.251 e. The summed E-state index contributed by atoms with van der Waals surface area (Å²) in [5, 5.41) is 9.39. The number of nitrogens with zero attached hydrogens (tertiary/aromatic N) is 2. The number of carbonyl (C=O) groups excluding carboxylic acids is 1. The molecule has 1 unspecified atom stereocenters. The van der Waals surface area contributed by atoms with Gasteiger partial charge in [-0.1, -0.05) is 6.07 Å². The van der Waals surface area contributed by atoms with Crippen LogP contribution >= 0.6 is 0 Å². The topological polar surface area (TPSA) is 53.4 Å². The van der Waals surface area contributed by atoms with Crippen LogP contribution in [0.3, 0.4) is 0 Å². The lowest BCUT2D eigenvalue weighted by atomic mass is 10.1. The van der Waals surface area contributed by atoms with Gasteiger partial charge in [-0.15, -0.1) is 0 Å². The number of hydrogen-bond donors (Lipinski definition) is 1. The van der Waals surface area contributed by atoms with E-state index in [0.29, 0.717) is 6.42 Å². The minimum atomic E-state index is -0.856. The van der Waals surface area contributed by atoms with Crippen molar-refractivity contribution in [1.29, 1.82) is 0 Å². The largest absolute Gasteiger partial charge is 0.383 e. The molecule has 1 saturated heterocycles. The molecule has 1 aromatic rings. The molecule has 1 aliphatic heterocycles. The predicted molar refractivity (Wildman–Crippen MR) is 50.4 cm³/mol. The van der Waals surface area contributed by atoms with Crippen molar-refractivity contribution in [2.75, 3.05) is 7.05 Å². The predicted octanol–water partition coefficient (Wildman–Crippen LogP) is 0.346. The lowest BCUT2D eigenvalue weighted by molar-refractivity contribution is -0.134. The summed E-state index contributed by atoms with van der Waals surface area (Å²) in [4.78, 5) is 16.9. The van der Waals surface area contributed by atoms with Crippen LogP contribution < -0.4 is 0 Å². The molecular weight excluding hydrogens is 180 g/mol. The van der Waals surface area contributed by atoms with Crippen molar-refractivity contribution in [3.05, 3.63) is 30.1 Å². The molecule has 4 heteroatoms. The van der Waals surface area contributed by atoms with E-state index in [1.54, 1.807) is 24.3 Å². The van der Waals surface area contributed by atoms with Crippen LogP contribution in [0.4, 0.5) is 0 Å². The molecule has 1 aliphatic rings. The molecule has 0 saturated carbocycles. The van der Waals surface area contributed by atoms with E-state index < -0.39 is 6.10 Å². The summed E-state index contributed by atoms with van der Waals surface area (Å²) >= 11 is 0. The first-order valence-corrected chi connectivity index (χ1v) is 4.55. The van der Waals surface area contributed by atoms with Crippen LogP contribution in [0, 0.1) is 0 Å². The van der Waals surface area contributed by atoms with Crippen molar-refractivity contribution in [3.63, 3.8) is 0 Å². The van der Waals surface area contributed by atoms with Gasteiger partial charge < -0.3 is 10.0 Å². The zero-order chi connectivity index (χ0) is 10.1. The second kappa shape index (κ2) is 3.38. The quantitative estimate of drug-likeness (QED) is 0.698. The molecule has 14 heavy (non-hydrogen) atoms. The second-order valence-corrected chi connectivity index (χ2v) is 3.50. The van der Waals surface area contributed by atoms with E-state index in [0.717, 1.165) is 5.56 Å². The van der Waals surface area contributed by atoms with E-state index in [1.165, 1.54) is 0 Å². The monoisotopic (exact) mass is 192 g/mol. The lowest BCUT2D eigenvalue weighted by Gasteiger charge is -2.18. The molecule has 0 aliphatic carbocycles. The number of pyridine rings is 1. The van der Waals surface area contributed by atoms with Gasteiger partial charge in [0.05, 0.1) is 6.04 Å². The third-order valence-electron chi connectivity index (χ3n) is 2.62. The number of aromatic nitrogens is 1. The van der Waals surface area contributed by atoms with Gasteiger partial charge in [0.25, 0.3) is 5.91 Å². The van der Waals surface area contributed by atoms with Crippen LogP contribution in [-0.2, 0) is 4.79 Å². The zero-order valence-electron chi connectivity index (χ0n) is 7.92. The van der Waals surface area contributed by atoms with Gasteiger partial charge in [0.15, 0.2) is 0 Å². The Labute approximate surface area is 82.2 Å². The Morgan fingerprint density at radius 1 is 1.64 bits per heavy atom. The Balaban J connectivity index is 2.26. The molecule has 1 aromatic heterocycles. The highest BCUT2D eigenvalue weighted by atomic mass is 16.3. The molecule has 74 valence electrons. The highest BCUT2D eigenvalue weighted by Crippen LogP contribution is 2.30. The molecule has 0 aromatic carbocycles. The molecule has 1 fully saturated rings.